The number of fused-ring (bicyclic) bond motifs is 1. The Morgan fingerprint density at radius 1 is 1.10 bits per heavy atom. The van der Waals surface area contributed by atoms with Crippen LogP contribution in [0.15, 0.2) is 36.4 Å². The second kappa shape index (κ2) is 8.61. The SMILES string of the molecule is COc1ccc(OC)c(NC(=O)CN2CCC[C@@H]2c2ccc3c(c2)OCCO3)c1. The topological polar surface area (TPSA) is 69.3 Å². The standard InChI is InChI=1S/C22H26N2O5/c1-26-16-6-8-19(27-2)17(13-16)23-22(25)14-24-9-3-4-18(24)15-5-7-20-21(12-15)29-11-10-28-20/h5-8,12-13,18H,3-4,9-11,14H2,1-2H3,(H,23,25)/t18-/m1/s1. The maximum atomic E-state index is 12.8. The molecule has 1 amide bonds. The number of carbonyl (C=O) groups is 1. The molecule has 2 heterocycles. The normalized spacial score (nSPS) is 18.3. The lowest BCUT2D eigenvalue weighted by Crippen LogP contribution is -2.33. The maximum absolute atomic E-state index is 12.8. The van der Waals surface area contributed by atoms with E-state index in [2.05, 4.69) is 16.3 Å². The number of hydrogen-bond acceptors (Lipinski definition) is 6. The average molecular weight is 398 g/mol. The summed E-state index contributed by atoms with van der Waals surface area (Å²) in [6, 6.07) is 11.6. The van der Waals surface area contributed by atoms with E-state index in [1.165, 1.54) is 0 Å². The smallest absolute Gasteiger partial charge is 0.238 e. The summed E-state index contributed by atoms with van der Waals surface area (Å²) in [7, 11) is 3.17. The lowest BCUT2D eigenvalue weighted by Gasteiger charge is -2.26. The van der Waals surface area contributed by atoms with Gasteiger partial charge >= 0.3 is 0 Å². The Hall–Kier alpha value is -2.93. The molecule has 29 heavy (non-hydrogen) atoms. The van der Waals surface area contributed by atoms with Gasteiger partial charge in [0.05, 0.1) is 26.5 Å². The van der Waals surface area contributed by atoms with Crippen LogP contribution in [0.1, 0.15) is 24.4 Å². The number of amides is 1. The number of anilines is 1. The van der Waals surface area contributed by atoms with Crippen molar-refractivity contribution >= 4 is 11.6 Å². The summed E-state index contributed by atoms with van der Waals surface area (Å²) in [6.45, 7) is 2.33. The highest BCUT2D eigenvalue weighted by Crippen LogP contribution is 2.38. The van der Waals surface area contributed by atoms with Crippen LogP contribution in [-0.4, -0.2) is 51.3 Å². The molecule has 2 aromatic rings. The molecule has 0 saturated carbocycles. The Morgan fingerprint density at radius 3 is 2.72 bits per heavy atom. The van der Waals surface area contributed by atoms with E-state index >= 15 is 0 Å². The van der Waals surface area contributed by atoms with Gasteiger partial charge in [0, 0.05) is 12.1 Å². The van der Waals surface area contributed by atoms with E-state index in [9.17, 15) is 4.79 Å². The molecular weight excluding hydrogens is 372 g/mol. The molecule has 0 bridgehead atoms. The fourth-order valence-electron chi connectivity index (χ4n) is 3.95. The Morgan fingerprint density at radius 2 is 1.93 bits per heavy atom. The molecule has 7 nitrogen and oxygen atoms in total. The van der Waals surface area contributed by atoms with E-state index in [4.69, 9.17) is 18.9 Å². The van der Waals surface area contributed by atoms with Crippen molar-refractivity contribution in [3.05, 3.63) is 42.0 Å². The van der Waals surface area contributed by atoms with Crippen LogP contribution < -0.4 is 24.3 Å². The number of likely N-dealkylation sites (tertiary alicyclic amines) is 1. The van der Waals surface area contributed by atoms with Gasteiger partial charge in [-0.3, -0.25) is 9.69 Å². The summed E-state index contributed by atoms with van der Waals surface area (Å²) >= 11 is 0. The summed E-state index contributed by atoms with van der Waals surface area (Å²) in [4.78, 5) is 15.0. The first-order chi connectivity index (χ1) is 14.2. The third kappa shape index (κ3) is 4.24. The maximum Gasteiger partial charge on any atom is 0.238 e. The van der Waals surface area contributed by atoms with Crippen LogP contribution in [0.25, 0.3) is 0 Å². The predicted octanol–water partition coefficient (Wildman–Crippen LogP) is 3.25. The van der Waals surface area contributed by atoms with Gasteiger partial charge in [0.1, 0.15) is 24.7 Å². The van der Waals surface area contributed by atoms with Crippen molar-refractivity contribution < 1.29 is 23.7 Å². The fourth-order valence-corrected chi connectivity index (χ4v) is 3.95. The van der Waals surface area contributed by atoms with E-state index in [0.717, 1.165) is 36.4 Å². The van der Waals surface area contributed by atoms with Crippen molar-refractivity contribution in [3.8, 4) is 23.0 Å². The number of ether oxygens (including phenoxy) is 4. The lowest BCUT2D eigenvalue weighted by molar-refractivity contribution is -0.117. The highest BCUT2D eigenvalue weighted by molar-refractivity contribution is 5.94. The first-order valence-corrected chi connectivity index (χ1v) is 9.83. The zero-order valence-corrected chi connectivity index (χ0v) is 16.8. The number of benzene rings is 2. The first kappa shape index (κ1) is 19.4. The third-order valence-corrected chi connectivity index (χ3v) is 5.34. The zero-order valence-electron chi connectivity index (χ0n) is 16.8. The van der Waals surface area contributed by atoms with Gasteiger partial charge in [-0.25, -0.2) is 0 Å². The van der Waals surface area contributed by atoms with Crippen molar-refractivity contribution in [1.82, 2.24) is 4.90 Å². The van der Waals surface area contributed by atoms with E-state index < -0.39 is 0 Å². The molecular formula is C22H26N2O5. The van der Waals surface area contributed by atoms with Gasteiger partial charge in [-0.1, -0.05) is 6.07 Å². The average Bonchev–Trinajstić information content (AvgIpc) is 3.21. The summed E-state index contributed by atoms with van der Waals surface area (Å²) in [5.41, 5.74) is 1.76. The minimum absolute atomic E-state index is 0.0824. The Kier molecular flexibility index (Phi) is 5.76. The number of methoxy groups -OCH3 is 2. The van der Waals surface area contributed by atoms with E-state index in [0.29, 0.717) is 36.9 Å². The van der Waals surface area contributed by atoms with Gasteiger partial charge in [-0.2, -0.15) is 0 Å². The molecule has 1 N–H and O–H groups in total. The van der Waals surface area contributed by atoms with Crippen LogP contribution in [0.3, 0.4) is 0 Å². The predicted molar refractivity (Wildman–Crippen MR) is 109 cm³/mol. The lowest BCUT2D eigenvalue weighted by atomic mass is 10.0. The second-order valence-corrected chi connectivity index (χ2v) is 7.15. The Bertz CT molecular complexity index is 886. The third-order valence-electron chi connectivity index (χ3n) is 5.34. The van der Waals surface area contributed by atoms with Crippen LogP contribution in [0, 0.1) is 0 Å². The molecule has 7 heteroatoms. The molecule has 2 aliphatic rings. The molecule has 0 aliphatic carbocycles. The minimum Gasteiger partial charge on any atom is -0.497 e. The largest absolute Gasteiger partial charge is 0.497 e. The molecule has 1 atom stereocenters. The van der Waals surface area contributed by atoms with Gasteiger partial charge in [-0.05, 0) is 49.2 Å². The van der Waals surface area contributed by atoms with Crippen LogP contribution in [-0.2, 0) is 4.79 Å². The van der Waals surface area contributed by atoms with Crippen LogP contribution in [0.4, 0.5) is 5.69 Å². The van der Waals surface area contributed by atoms with Gasteiger partial charge in [-0.15, -0.1) is 0 Å². The minimum atomic E-state index is -0.0824. The van der Waals surface area contributed by atoms with Crippen molar-refractivity contribution in [2.45, 2.75) is 18.9 Å². The first-order valence-electron chi connectivity index (χ1n) is 9.83. The van der Waals surface area contributed by atoms with Crippen LogP contribution in [0.5, 0.6) is 23.0 Å². The number of nitrogens with one attached hydrogen (secondary N) is 1. The van der Waals surface area contributed by atoms with E-state index in [1.807, 2.05) is 12.1 Å². The van der Waals surface area contributed by atoms with Gasteiger partial charge in [0.2, 0.25) is 5.91 Å². The van der Waals surface area contributed by atoms with Crippen LogP contribution >= 0.6 is 0 Å². The molecule has 0 radical (unpaired) electrons. The monoisotopic (exact) mass is 398 g/mol. The van der Waals surface area contributed by atoms with E-state index in [-0.39, 0.29) is 11.9 Å². The molecule has 2 aromatic carbocycles. The van der Waals surface area contributed by atoms with Gasteiger partial charge in [0.15, 0.2) is 11.5 Å². The molecule has 1 fully saturated rings. The van der Waals surface area contributed by atoms with Crippen molar-refractivity contribution in [3.63, 3.8) is 0 Å². The van der Waals surface area contributed by atoms with Gasteiger partial charge < -0.3 is 24.3 Å². The Balaban J connectivity index is 1.45. The second-order valence-electron chi connectivity index (χ2n) is 7.15. The fraction of sp³-hybridized carbons (Fsp3) is 0.409. The molecule has 0 unspecified atom stereocenters. The number of hydrogen-bond donors (Lipinski definition) is 1. The molecule has 0 aromatic heterocycles. The summed E-state index contributed by atoms with van der Waals surface area (Å²) in [5.74, 6) is 2.75. The summed E-state index contributed by atoms with van der Waals surface area (Å²) < 4.78 is 21.9. The number of nitrogens with zero attached hydrogens (tertiary/aromatic N) is 1. The van der Waals surface area contributed by atoms with Crippen LogP contribution in [0.2, 0.25) is 0 Å². The molecule has 2 aliphatic heterocycles. The quantitative estimate of drug-likeness (QED) is 0.806. The highest BCUT2D eigenvalue weighted by atomic mass is 16.6. The summed E-state index contributed by atoms with van der Waals surface area (Å²) in [6.07, 6.45) is 2.06. The van der Waals surface area contributed by atoms with Crippen molar-refractivity contribution in [1.29, 1.82) is 0 Å². The van der Waals surface area contributed by atoms with Crippen molar-refractivity contribution in [2.75, 3.05) is 45.8 Å². The molecule has 1 saturated heterocycles. The number of rotatable bonds is 6. The van der Waals surface area contributed by atoms with Crippen molar-refractivity contribution in [2.24, 2.45) is 0 Å². The van der Waals surface area contributed by atoms with Gasteiger partial charge in [0.25, 0.3) is 0 Å². The summed E-state index contributed by atoms with van der Waals surface area (Å²) in [5, 5.41) is 2.95. The molecule has 4 rings (SSSR count). The molecule has 154 valence electrons. The zero-order chi connectivity index (χ0) is 20.2. The Labute approximate surface area is 170 Å². The number of carbonyl (C=O) groups excluding carboxylic acids is 1. The highest BCUT2D eigenvalue weighted by Gasteiger charge is 2.29. The van der Waals surface area contributed by atoms with E-state index in [1.54, 1.807) is 32.4 Å². The molecule has 0 spiro atoms.